The van der Waals surface area contributed by atoms with Crippen LogP contribution in [0.15, 0.2) is 36.4 Å². The molecular formula is C23H27FO8. The van der Waals surface area contributed by atoms with Gasteiger partial charge in [0.25, 0.3) is 0 Å². The molecule has 1 aliphatic rings. The smallest absolute Gasteiger partial charge is 0.229 e. The second-order valence-electron chi connectivity index (χ2n) is 7.70. The van der Waals surface area contributed by atoms with E-state index in [-0.39, 0.29) is 23.5 Å². The molecule has 4 N–H and O–H groups in total. The van der Waals surface area contributed by atoms with Gasteiger partial charge in [-0.3, -0.25) is 4.79 Å². The molecule has 8 nitrogen and oxygen atoms in total. The number of halogens is 1. The maximum absolute atomic E-state index is 14.0. The molecule has 32 heavy (non-hydrogen) atoms. The van der Waals surface area contributed by atoms with E-state index in [0.29, 0.717) is 17.7 Å². The fourth-order valence-electron chi connectivity index (χ4n) is 3.55. The highest BCUT2D eigenvalue weighted by atomic mass is 19.1. The van der Waals surface area contributed by atoms with E-state index in [1.54, 1.807) is 26.2 Å². The van der Waals surface area contributed by atoms with E-state index >= 15 is 0 Å². The maximum atomic E-state index is 14.0. The number of aliphatic hydroxyl groups excluding tert-OH is 3. The van der Waals surface area contributed by atoms with Crippen molar-refractivity contribution in [1.29, 1.82) is 0 Å². The fraction of sp³-hybridized carbons (Fsp3) is 0.435. The van der Waals surface area contributed by atoms with Crippen LogP contribution in [0.25, 0.3) is 0 Å². The van der Waals surface area contributed by atoms with Gasteiger partial charge in [0.1, 0.15) is 41.1 Å². The van der Waals surface area contributed by atoms with Crippen LogP contribution < -0.4 is 9.47 Å². The lowest BCUT2D eigenvalue weighted by Crippen LogP contribution is -2.58. The van der Waals surface area contributed by atoms with Crippen LogP contribution in [0.3, 0.4) is 0 Å². The van der Waals surface area contributed by atoms with Gasteiger partial charge in [0, 0.05) is 6.42 Å². The predicted octanol–water partition coefficient (Wildman–Crippen LogP) is 1.68. The van der Waals surface area contributed by atoms with Crippen LogP contribution in [0.1, 0.15) is 27.9 Å². The van der Waals surface area contributed by atoms with Gasteiger partial charge in [0.15, 0.2) is 12.0 Å². The van der Waals surface area contributed by atoms with Gasteiger partial charge >= 0.3 is 0 Å². The van der Waals surface area contributed by atoms with Crippen molar-refractivity contribution in [2.24, 2.45) is 0 Å². The summed E-state index contributed by atoms with van der Waals surface area (Å²) in [5.74, 6) is -0.113. The normalized spacial score (nSPS) is 25.4. The van der Waals surface area contributed by atoms with Crippen LogP contribution in [-0.2, 0) is 11.2 Å². The lowest BCUT2D eigenvalue weighted by molar-refractivity contribution is -0.265. The molecule has 0 spiro atoms. The Bertz CT molecular complexity index is 930. The van der Waals surface area contributed by atoms with Gasteiger partial charge in [-0.25, -0.2) is 4.39 Å². The number of aryl methyl sites for hydroxylation is 2. The molecule has 1 fully saturated rings. The first-order valence-corrected chi connectivity index (χ1v) is 10.2. The Morgan fingerprint density at radius 2 is 1.84 bits per heavy atom. The predicted molar refractivity (Wildman–Crippen MR) is 112 cm³/mol. The van der Waals surface area contributed by atoms with Gasteiger partial charge in [-0.2, -0.15) is 0 Å². The largest absolute Gasteiger partial charge is 0.507 e. The minimum absolute atomic E-state index is 0.0574. The summed E-state index contributed by atoms with van der Waals surface area (Å²) in [5.41, 5.74) is 1.34. The summed E-state index contributed by atoms with van der Waals surface area (Å²) in [6, 6.07) is 10.1. The number of Topliss-reactive ketones (excluding diaryl/α,β-unsaturated/α-hetero) is 1. The van der Waals surface area contributed by atoms with Crippen molar-refractivity contribution in [2.45, 2.75) is 50.5 Å². The van der Waals surface area contributed by atoms with Crippen LogP contribution in [0, 0.1) is 6.92 Å². The Labute approximate surface area is 184 Å². The molecule has 1 heterocycles. The van der Waals surface area contributed by atoms with E-state index < -0.39 is 43.2 Å². The van der Waals surface area contributed by atoms with Gasteiger partial charge in [-0.15, -0.1) is 0 Å². The molecule has 0 radical (unpaired) electrons. The molecular weight excluding hydrogens is 423 g/mol. The zero-order chi connectivity index (χ0) is 23.4. The second-order valence-corrected chi connectivity index (χ2v) is 7.70. The molecule has 9 heteroatoms. The molecule has 1 saturated heterocycles. The number of carbonyl (C=O) groups is 1. The third kappa shape index (κ3) is 5.18. The number of hydrogen-bond donors (Lipinski definition) is 4. The quantitative estimate of drug-likeness (QED) is 0.448. The third-order valence-corrected chi connectivity index (χ3v) is 5.35. The van der Waals surface area contributed by atoms with E-state index in [1.807, 2.05) is 12.1 Å². The first-order valence-electron chi connectivity index (χ1n) is 10.2. The number of phenolic OH excluding ortho intramolecular Hbond substituents is 1. The topological polar surface area (TPSA) is 126 Å². The van der Waals surface area contributed by atoms with Gasteiger partial charge in [-0.05, 0) is 48.7 Å². The molecule has 0 aliphatic carbocycles. The van der Waals surface area contributed by atoms with Crippen LogP contribution in [0.4, 0.5) is 4.39 Å². The Hall–Kier alpha value is -2.72. The number of carbonyl (C=O) groups excluding carboxylic acids is 1. The molecule has 0 bridgehead atoms. The molecule has 2 aromatic carbocycles. The average molecular weight is 450 g/mol. The number of aromatic hydroxyl groups is 1. The summed E-state index contributed by atoms with van der Waals surface area (Å²) < 4.78 is 30.0. The van der Waals surface area contributed by atoms with Crippen molar-refractivity contribution in [3.63, 3.8) is 0 Å². The number of ketones is 1. The molecule has 0 aromatic heterocycles. The van der Waals surface area contributed by atoms with Crippen molar-refractivity contribution in [1.82, 2.24) is 0 Å². The first-order chi connectivity index (χ1) is 15.2. The standard InChI is InChI=1S/C23H27FO8/c1-12-9-16(27)19(15(26)8-5-13-3-6-14(30-2)7-4-13)17(10-12)31-23-22(29)21(28)20(24)18(11-25)32-23/h3-4,6-7,9-10,18,20-23,25,27-29H,5,8,11H2,1-2H3. The molecule has 174 valence electrons. The van der Waals surface area contributed by atoms with Crippen LogP contribution in [0.5, 0.6) is 17.2 Å². The average Bonchev–Trinajstić information content (AvgIpc) is 2.77. The molecule has 1 aliphatic heterocycles. The minimum atomic E-state index is -2.01. The zero-order valence-electron chi connectivity index (χ0n) is 17.8. The molecule has 0 saturated carbocycles. The highest BCUT2D eigenvalue weighted by Crippen LogP contribution is 2.34. The van der Waals surface area contributed by atoms with Crippen molar-refractivity contribution >= 4 is 5.78 Å². The fourth-order valence-corrected chi connectivity index (χ4v) is 3.55. The minimum Gasteiger partial charge on any atom is -0.507 e. The number of hydrogen-bond acceptors (Lipinski definition) is 8. The summed E-state index contributed by atoms with van der Waals surface area (Å²) in [7, 11) is 1.56. The molecule has 3 rings (SSSR count). The van der Waals surface area contributed by atoms with E-state index in [1.165, 1.54) is 12.1 Å². The van der Waals surface area contributed by atoms with Crippen LogP contribution in [0.2, 0.25) is 0 Å². The van der Waals surface area contributed by atoms with Crippen molar-refractivity contribution < 1.29 is 43.8 Å². The number of rotatable bonds is 8. The van der Waals surface area contributed by atoms with Gasteiger partial charge in [0.05, 0.1) is 13.7 Å². The maximum Gasteiger partial charge on any atom is 0.229 e. The molecule has 5 unspecified atom stereocenters. The number of aliphatic hydroxyl groups is 3. The summed E-state index contributed by atoms with van der Waals surface area (Å²) in [4.78, 5) is 12.9. The summed E-state index contributed by atoms with van der Waals surface area (Å²) in [6.45, 7) is 0.927. The Balaban J connectivity index is 1.80. The number of benzene rings is 2. The van der Waals surface area contributed by atoms with Gasteiger partial charge in [0.2, 0.25) is 6.29 Å². The number of methoxy groups -OCH3 is 1. The Morgan fingerprint density at radius 3 is 2.47 bits per heavy atom. The van der Waals surface area contributed by atoms with E-state index in [2.05, 4.69) is 0 Å². The van der Waals surface area contributed by atoms with E-state index in [0.717, 1.165) is 5.56 Å². The third-order valence-electron chi connectivity index (χ3n) is 5.35. The van der Waals surface area contributed by atoms with Crippen molar-refractivity contribution in [2.75, 3.05) is 13.7 Å². The lowest BCUT2D eigenvalue weighted by atomic mass is 9.99. The number of alkyl halides is 1. The highest BCUT2D eigenvalue weighted by Gasteiger charge is 2.46. The summed E-state index contributed by atoms with van der Waals surface area (Å²) in [5, 5.41) is 39.8. The van der Waals surface area contributed by atoms with Crippen LogP contribution in [-0.4, -0.2) is 70.7 Å². The van der Waals surface area contributed by atoms with Crippen molar-refractivity contribution in [3.8, 4) is 17.2 Å². The number of phenols is 1. The molecule has 2 aromatic rings. The Morgan fingerprint density at radius 1 is 1.16 bits per heavy atom. The summed E-state index contributed by atoms with van der Waals surface area (Å²) >= 11 is 0. The second kappa shape index (κ2) is 10.3. The molecule has 0 amide bonds. The monoisotopic (exact) mass is 450 g/mol. The van der Waals surface area contributed by atoms with Crippen LogP contribution >= 0.6 is 0 Å². The highest BCUT2D eigenvalue weighted by molar-refractivity contribution is 6.01. The van der Waals surface area contributed by atoms with Gasteiger partial charge < -0.3 is 34.6 Å². The Kier molecular flexibility index (Phi) is 7.68. The zero-order valence-corrected chi connectivity index (χ0v) is 17.8. The van der Waals surface area contributed by atoms with Crippen molar-refractivity contribution in [3.05, 3.63) is 53.1 Å². The number of ether oxygens (including phenoxy) is 3. The van der Waals surface area contributed by atoms with E-state index in [9.17, 15) is 29.6 Å². The SMILES string of the molecule is COc1ccc(CCC(=O)c2c(O)cc(C)cc2OC2OC(CO)C(F)C(O)C2O)cc1. The first kappa shape index (κ1) is 23.9. The van der Waals surface area contributed by atoms with E-state index in [4.69, 9.17) is 14.2 Å². The molecule has 5 atom stereocenters. The lowest BCUT2D eigenvalue weighted by Gasteiger charge is -2.38. The van der Waals surface area contributed by atoms with Gasteiger partial charge in [-0.1, -0.05) is 12.1 Å². The summed E-state index contributed by atoms with van der Waals surface area (Å²) in [6.07, 6.45) is -8.13.